The van der Waals surface area contributed by atoms with Crippen LogP contribution in [0.5, 0.6) is 0 Å². The minimum atomic E-state index is -0.632. The van der Waals surface area contributed by atoms with E-state index in [1.165, 1.54) is 5.56 Å². The second kappa shape index (κ2) is 6.07. The number of nitrogens with one attached hydrogen (secondary N) is 1. The first-order valence-corrected chi connectivity index (χ1v) is 5.60. The molecule has 17 heavy (non-hydrogen) atoms. The molecule has 0 aliphatic rings. The molecule has 3 N–H and O–H groups in total. The minimum absolute atomic E-state index is 0.0630. The maximum atomic E-state index is 11.7. The van der Waals surface area contributed by atoms with E-state index in [4.69, 9.17) is 12.2 Å². The van der Waals surface area contributed by atoms with Crippen LogP contribution in [0.2, 0.25) is 0 Å². The molecule has 2 atom stereocenters. The Kier molecular flexibility index (Phi) is 4.74. The molecule has 1 amide bonds. The molecule has 0 fully saturated rings. The third-order valence-electron chi connectivity index (χ3n) is 2.61. The zero-order chi connectivity index (χ0) is 12.8. The second-order valence-corrected chi connectivity index (χ2v) is 4.16. The van der Waals surface area contributed by atoms with E-state index in [-0.39, 0.29) is 18.4 Å². The largest absolute Gasteiger partial charge is 0.348 e. The Bertz CT molecular complexity index is 417. The molecule has 1 rings (SSSR count). The predicted octanol–water partition coefficient (Wildman–Crippen LogP) is 1.52. The Balaban J connectivity index is 2.60. The summed E-state index contributed by atoms with van der Waals surface area (Å²) in [6.45, 7) is 3.95. The molecule has 90 valence electrons. The van der Waals surface area contributed by atoms with Gasteiger partial charge in [-0.05, 0) is 19.4 Å². The number of hydrogen-bond donors (Lipinski definition) is 2. The monoisotopic (exact) mass is 230 g/mol. The normalized spacial score (nSPS) is 13.5. The fourth-order valence-electron chi connectivity index (χ4n) is 1.48. The molecule has 0 bridgehead atoms. The first-order chi connectivity index (χ1) is 8.04. The summed E-state index contributed by atoms with van der Waals surface area (Å²) in [4.78, 5) is 11.7. The first-order valence-electron chi connectivity index (χ1n) is 5.60. The average Bonchev–Trinajstić information content (AvgIpc) is 2.30. The van der Waals surface area contributed by atoms with Gasteiger partial charge in [-0.15, -0.1) is 12.3 Å². The molecule has 0 heterocycles. The molecule has 0 saturated heterocycles. The van der Waals surface area contributed by atoms with E-state index in [2.05, 4.69) is 11.2 Å². The van der Waals surface area contributed by atoms with Crippen molar-refractivity contribution < 1.29 is 4.79 Å². The molecule has 0 aliphatic heterocycles. The molecular formula is C14H18N2O. The van der Waals surface area contributed by atoms with Crippen molar-refractivity contribution in [2.45, 2.75) is 32.4 Å². The lowest BCUT2D eigenvalue weighted by Gasteiger charge is -2.17. The summed E-state index contributed by atoms with van der Waals surface area (Å²) in [6.07, 6.45) is 5.37. The summed E-state index contributed by atoms with van der Waals surface area (Å²) in [5, 5.41) is 2.84. The van der Waals surface area contributed by atoms with Crippen LogP contribution in [0.15, 0.2) is 24.3 Å². The number of benzene rings is 1. The van der Waals surface area contributed by atoms with Crippen LogP contribution in [0, 0.1) is 19.3 Å². The van der Waals surface area contributed by atoms with E-state index in [0.717, 1.165) is 5.56 Å². The van der Waals surface area contributed by atoms with Crippen molar-refractivity contribution in [3.63, 3.8) is 0 Å². The molecule has 0 radical (unpaired) electrons. The molecule has 0 saturated carbocycles. The van der Waals surface area contributed by atoms with Crippen molar-refractivity contribution in [2.75, 3.05) is 0 Å². The van der Waals surface area contributed by atoms with E-state index in [9.17, 15) is 4.79 Å². The number of aryl methyl sites for hydroxylation is 1. The maximum absolute atomic E-state index is 11.7. The zero-order valence-electron chi connectivity index (χ0n) is 10.2. The van der Waals surface area contributed by atoms with E-state index >= 15 is 0 Å². The molecule has 0 spiro atoms. The Labute approximate surface area is 102 Å². The summed E-state index contributed by atoms with van der Waals surface area (Å²) < 4.78 is 0. The maximum Gasteiger partial charge on any atom is 0.238 e. The second-order valence-electron chi connectivity index (χ2n) is 4.16. The third kappa shape index (κ3) is 3.93. The average molecular weight is 230 g/mol. The van der Waals surface area contributed by atoms with Gasteiger partial charge < -0.3 is 11.1 Å². The number of carbonyl (C=O) groups is 1. The molecular weight excluding hydrogens is 212 g/mol. The lowest BCUT2D eigenvalue weighted by molar-refractivity contribution is -0.122. The van der Waals surface area contributed by atoms with Crippen LogP contribution in [-0.2, 0) is 4.79 Å². The Morgan fingerprint density at radius 2 is 2.06 bits per heavy atom. The summed E-state index contributed by atoms with van der Waals surface area (Å²) in [5.41, 5.74) is 7.87. The number of rotatable bonds is 4. The number of hydrogen-bond acceptors (Lipinski definition) is 2. The number of nitrogens with two attached hydrogens (primary N) is 1. The highest BCUT2D eigenvalue weighted by Crippen LogP contribution is 2.13. The highest BCUT2D eigenvalue weighted by Gasteiger charge is 2.15. The lowest BCUT2D eigenvalue weighted by Crippen LogP contribution is -2.41. The van der Waals surface area contributed by atoms with Crippen LogP contribution in [0.3, 0.4) is 0 Å². The Morgan fingerprint density at radius 1 is 1.47 bits per heavy atom. The van der Waals surface area contributed by atoms with Crippen molar-refractivity contribution in [1.29, 1.82) is 0 Å². The fraction of sp³-hybridized carbons (Fsp3) is 0.357. The smallest absolute Gasteiger partial charge is 0.238 e. The van der Waals surface area contributed by atoms with Crippen LogP contribution in [-0.4, -0.2) is 11.9 Å². The highest BCUT2D eigenvalue weighted by molar-refractivity contribution is 5.82. The van der Waals surface area contributed by atoms with Gasteiger partial charge in [-0.1, -0.05) is 29.8 Å². The highest BCUT2D eigenvalue weighted by atomic mass is 16.2. The van der Waals surface area contributed by atoms with Gasteiger partial charge in [0.2, 0.25) is 5.91 Å². The van der Waals surface area contributed by atoms with Gasteiger partial charge in [0.1, 0.15) is 0 Å². The van der Waals surface area contributed by atoms with Gasteiger partial charge in [-0.3, -0.25) is 4.79 Å². The van der Waals surface area contributed by atoms with E-state index in [0.29, 0.717) is 0 Å². The zero-order valence-corrected chi connectivity index (χ0v) is 10.2. The quantitative estimate of drug-likeness (QED) is 0.771. The molecule has 1 aromatic rings. The van der Waals surface area contributed by atoms with Gasteiger partial charge in [0.25, 0.3) is 0 Å². The molecule has 0 aliphatic carbocycles. The molecule has 1 unspecified atom stereocenters. The summed E-state index contributed by atoms with van der Waals surface area (Å²) >= 11 is 0. The van der Waals surface area contributed by atoms with Gasteiger partial charge in [0.15, 0.2) is 0 Å². The van der Waals surface area contributed by atoms with Crippen molar-refractivity contribution in [3.8, 4) is 12.3 Å². The van der Waals surface area contributed by atoms with Crippen LogP contribution in [0.4, 0.5) is 0 Å². The third-order valence-corrected chi connectivity index (χ3v) is 2.61. The van der Waals surface area contributed by atoms with Crippen molar-refractivity contribution in [1.82, 2.24) is 5.32 Å². The number of amides is 1. The lowest BCUT2D eigenvalue weighted by atomic mass is 10.1. The molecule has 0 aromatic heterocycles. The van der Waals surface area contributed by atoms with Crippen LogP contribution in [0.1, 0.15) is 30.5 Å². The number of carbonyl (C=O) groups excluding carboxylic acids is 1. The minimum Gasteiger partial charge on any atom is -0.348 e. The van der Waals surface area contributed by atoms with Crippen molar-refractivity contribution in [3.05, 3.63) is 35.4 Å². The summed E-state index contributed by atoms with van der Waals surface area (Å²) in [7, 11) is 0. The first kappa shape index (κ1) is 13.3. The predicted molar refractivity (Wildman–Crippen MR) is 69.2 cm³/mol. The van der Waals surface area contributed by atoms with E-state index in [1.807, 2.05) is 38.1 Å². The SMILES string of the molecule is C#CCC(N)C(=O)N[C@H](C)c1ccc(C)cc1. The molecule has 1 aromatic carbocycles. The van der Waals surface area contributed by atoms with Crippen molar-refractivity contribution in [2.24, 2.45) is 5.73 Å². The molecule has 3 heteroatoms. The Hall–Kier alpha value is -1.79. The van der Waals surface area contributed by atoms with Gasteiger partial charge >= 0.3 is 0 Å². The fourth-order valence-corrected chi connectivity index (χ4v) is 1.48. The van der Waals surface area contributed by atoms with Crippen LogP contribution < -0.4 is 11.1 Å². The van der Waals surface area contributed by atoms with Crippen LogP contribution in [0.25, 0.3) is 0 Å². The van der Waals surface area contributed by atoms with Crippen molar-refractivity contribution >= 4 is 5.91 Å². The summed E-state index contributed by atoms with van der Waals surface area (Å²) in [6, 6.07) is 7.32. The van der Waals surface area contributed by atoms with Crippen LogP contribution >= 0.6 is 0 Å². The topological polar surface area (TPSA) is 55.1 Å². The standard InChI is InChI=1S/C14H18N2O/c1-4-5-13(15)14(17)16-11(3)12-8-6-10(2)7-9-12/h1,6-9,11,13H,5,15H2,2-3H3,(H,16,17)/t11-,13?/m1/s1. The summed E-state index contributed by atoms with van der Waals surface area (Å²) in [5.74, 6) is 2.17. The van der Waals surface area contributed by atoms with Gasteiger partial charge in [-0.25, -0.2) is 0 Å². The van der Waals surface area contributed by atoms with E-state index in [1.54, 1.807) is 0 Å². The molecule has 3 nitrogen and oxygen atoms in total. The van der Waals surface area contributed by atoms with Gasteiger partial charge in [0.05, 0.1) is 12.1 Å². The van der Waals surface area contributed by atoms with Gasteiger partial charge in [-0.2, -0.15) is 0 Å². The Morgan fingerprint density at radius 3 is 2.59 bits per heavy atom. The van der Waals surface area contributed by atoms with E-state index < -0.39 is 6.04 Å². The number of terminal acetylenes is 1. The van der Waals surface area contributed by atoms with Gasteiger partial charge in [0, 0.05) is 6.42 Å².